The summed E-state index contributed by atoms with van der Waals surface area (Å²) in [6.07, 6.45) is 4.45. The van der Waals surface area contributed by atoms with Crippen LogP contribution in [0, 0.1) is 5.92 Å². The molecule has 0 unspecified atom stereocenters. The highest BCUT2D eigenvalue weighted by molar-refractivity contribution is 4.79. The van der Waals surface area contributed by atoms with Crippen LogP contribution in [0.3, 0.4) is 0 Å². The molecule has 0 aromatic rings. The van der Waals surface area contributed by atoms with Gasteiger partial charge >= 0.3 is 0 Å². The molecule has 0 amide bonds. The third-order valence-electron chi connectivity index (χ3n) is 3.16. The molecule has 2 fully saturated rings. The normalized spacial score (nSPS) is 32.2. The zero-order chi connectivity index (χ0) is 8.39. The van der Waals surface area contributed by atoms with E-state index in [9.17, 15) is 0 Å². The first-order chi connectivity index (χ1) is 5.86. The van der Waals surface area contributed by atoms with Crippen molar-refractivity contribution in [3.63, 3.8) is 0 Å². The molecule has 1 N–H and O–H groups in total. The van der Waals surface area contributed by atoms with Gasteiger partial charge in [0.15, 0.2) is 0 Å². The van der Waals surface area contributed by atoms with Crippen molar-refractivity contribution in [3.8, 4) is 0 Å². The predicted molar refractivity (Wildman–Crippen MR) is 51.2 cm³/mol. The Labute approximate surface area is 75.3 Å². The van der Waals surface area contributed by atoms with E-state index in [4.69, 9.17) is 0 Å². The molecule has 0 radical (unpaired) electrons. The summed E-state index contributed by atoms with van der Waals surface area (Å²) in [5, 5.41) is 3.43. The van der Waals surface area contributed by atoms with Gasteiger partial charge in [0.1, 0.15) is 0 Å². The van der Waals surface area contributed by atoms with Crippen molar-refractivity contribution in [1.82, 2.24) is 10.2 Å². The summed E-state index contributed by atoms with van der Waals surface area (Å²) in [6, 6.07) is 0.762. The zero-order valence-electron chi connectivity index (χ0n) is 8.05. The van der Waals surface area contributed by atoms with E-state index in [0.29, 0.717) is 0 Å². The fourth-order valence-electron chi connectivity index (χ4n) is 1.97. The third-order valence-corrected chi connectivity index (χ3v) is 3.16. The van der Waals surface area contributed by atoms with Crippen molar-refractivity contribution in [2.45, 2.75) is 32.2 Å². The Bertz CT molecular complexity index is 143. The summed E-state index contributed by atoms with van der Waals surface area (Å²) in [5.74, 6) is 1.09. The highest BCUT2D eigenvalue weighted by Gasteiger charge is 2.24. The van der Waals surface area contributed by atoms with Crippen molar-refractivity contribution < 1.29 is 0 Å². The molecule has 2 heteroatoms. The van der Waals surface area contributed by atoms with E-state index in [1.165, 1.54) is 45.4 Å². The van der Waals surface area contributed by atoms with E-state index in [1.807, 2.05) is 0 Å². The molecule has 0 aromatic heterocycles. The summed E-state index contributed by atoms with van der Waals surface area (Å²) >= 11 is 0. The van der Waals surface area contributed by atoms with E-state index in [-0.39, 0.29) is 0 Å². The molecule has 0 bridgehead atoms. The average molecular weight is 168 g/mol. The fourth-order valence-corrected chi connectivity index (χ4v) is 1.97. The molecule has 1 aliphatic carbocycles. The van der Waals surface area contributed by atoms with Crippen LogP contribution >= 0.6 is 0 Å². The molecule has 1 aliphatic heterocycles. The molecule has 2 rings (SSSR count). The number of rotatable bonds is 3. The topological polar surface area (TPSA) is 15.3 Å². The Balaban J connectivity index is 1.68. The lowest BCUT2D eigenvalue weighted by Gasteiger charge is -2.33. The summed E-state index contributed by atoms with van der Waals surface area (Å²) in [7, 11) is 0. The van der Waals surface area contributed by atoms with Crippen LogP contribution in [0.4, 0.5) is 0 Å². The van der Waals surface area contributed by atoms with Crippen molar-refractivity contribution >= 4 is 0 Å². The lowest BCUT2D eigenvalue weighted by Crippen LogP contribution is -2.49. The molecule has 0 spiro atoms. The van der Waals surface area contributed by atoms with Crippen LogP contribution in [0.5, 0.6) is 0 Å². The SMILES string of the molecule is C[C@@H]1CNCCN1CCC1CC1. The van der Waals surface area contributed by atoms with Gasteiger partial charge in [0.05, 0.1) is 0 Å². The van der Waals surface area contributed by atoms with Crippen LogP contribution in [0.15, 0.2) is 0 Å². The molecule has 12 heavy (non-hydrogen) atoms. The van der Waals surface area contributed by atoms with Crippen molar-refractivity contribution in [1.29, 1.82) is 0 Å². The first-order valence-corrected chi connectivity index (χ1v) is 5.31. The zero-order valence-corrected chi connectivity index (χ0v) is 8.05. The van der Waals surface area contributed by atoms with E-state index < -0.39 is 0 Å². The van der Waals surface area contributed by atoms with Gasteiger partial charge in [-0.05, 0) is 25.8 Å². The summed E-state index contributed by atoms with van der Waals surface area (Å²) in [5.41, 5.74) is 0. The Kier molecular flexibility index (Phi) is 2.66. The molecule has 2 nitrogen and oxygen atoms in total. The summed E-state index contributed by atoms with van der Waals surface area (Å²) in [4.78, 5) is 2.63. The van der Waals surface area contributed by atoms with Crippen LogP contribution in [-0.4, -0.2) is 37.1 Å². The van der Waals surface area contributed by atoms with Crippen LogP contribution < -0.4 is 5.32 Å². The van der Waals surface area contributed by atoms with Gasteiger partial charge in [0.25, 0.3) is 0 Å². The molecule has 0 aromatic carbocycles. The average Bonchev–Trinajstić information content (AvgIpc) is 2.86. The largest absolute Gasteiger partial charge is 0.314 e. The number of hydrogen-bond donors (Lipinski definition) is 1. The van der Waals surface area contributed by atoms with Gasteiger partial charge in [-0.3, -0.25) is 4.90 Å². The minimum Gasteiger partial charge on any atom is -0.314 e. The summed E-state index contributed by atoms with van der Waals surface area (Å²) < 4.78 is 0. The van der Waals surface area contributed by atoms with Crippen LogP contribution in [0.25, 0.3) is 0 Å². The number of piperazine rings is 1. The third kappa shape index (κ3) is 2.20. The van der Waals surface area contributed by atoms with Gasteiger partial charge in [0, 0.05) is 25.7 Å². The van der Waals surface area contributed by atoms with Crippen molar-refractivity contribution in [3.05, 3.63) is 0 Å². The van der Waals surface area contributed by atoms with Gasteiger partial charge in [-0.1, -0.05) is 12.8 Å². The van der Waals surface area contributed by atoms with Gasteiger partial charge < -0.3 is 5.32 Å². The highest BCUT2D eigenvalue weighted by atomic mass is 15.2. The molecule has 1 saturated carbocycles. The first kappa shape index (κ1) is 8.52. The second-order valence-corrected chi connectivity index (χ2v) is 4.32. The summed E-state index contributed by atoms with van der Waals surface area (Å²) in [6.45, 7) is 7.31. The van der Waals surface area contributed by atoms with Crippen LogP contribution in [0.2, 0.25) is 0 Å². The van der Waals surface area contributed by atoms with Crippen LogP contribution in [0.1, 0.15) is 26.2 Å². The number of nitrogens with one attached hydrogen (secondary N) is 1. The minimum atomic E-state index is 0.762. The lowest BCUT2D eigenvalue weighted by atomic mass is 10.2. The van der Waals surface area contributed by atoms with Gasteiger partial charge in [-0.15, -0.1) is 0 Å². The maximum Gasteiger partial charge on any atom is 0.0192 e. The van der Waals surface area contributed by atoms with Crippen molar-refractivity contribution in [2.75, 3.05) is 26.2 Å². The van der Waals surface area contributed by atoms with Crippen molar-refractivity contribution in [2.24, 2.45) is 5.92 Å². The predicted octanol–water partition coefficient (Wildman–Crippen LogP) is 1.08. The number of hydrogen-bond acceptors (Lipinski definition) is 2. The molecule has 1 atom stereocenters. The highest BCUT2D eigenvalue weighted by Crippen LogP contribution is 2.32. The molecule has 1 heterocycles. The van der Waals surface area contributed by atoms with E-state index in [0.717, 1.165) is 12.0 Å². The Hall–Kier alpha value is -0.0800. The Morgan fingerprint density at radius 3 is 2.92 bits per heavy atom. The lowest BCUT2D eigenvalue weighted by molar-refractivity contribution is 0.169. The van der Waals surface area contributed by atoms with E-state index in [1.54, 1.807) is 0 Å². The standard InChI is InChI=1S/C10H20N2/c1-9-8-11-5-7-12(9)6-4-10-2-3-10/h9-11H,2-8H2,1H3/t9-/m1/s1. The van der Waals surface area contributed by atoms with Gasteiger partial charge in [-0.25, -0.2) is 0 Å². The number of nitrogens with zero attached hydrogens (tertiary/aromatic N) is 1. The van der Waals surface area contributed by atoms with E-state index >= 15 is 0 Å². The fraction of sp³-hybridized carbons (Fsp3) is 1.00. The van der Waals surface area contributed by atoms with Gasteiger partial charge in [-0.2, -0.15) is 0 Å². The van der Waals surface area contributed by atoms with Gasteiger partial charge in [0.2, 0.25) is 0 Å². The first-order valence-electron chi connectivity index (χ1n) is 5.31. The molecular weight excluding hydrogens is 148 g/mol. The van der Waals surface area contributed by atoms with Crippen LogP contribution in [-0.2, 0) is 0 Å². The molecular formula is C10H20N2. The maximum absolute atomic E-state index is 3.43. The molecule has 2 aliphatic rings. The second kappa shape index (κ2) is 3.75. The molecule has 70 valence electrons. The van der Waals surface area contributed by atoms with E-state index in [2.05, 4.69) is 17.1 Å². The monoisotopic (exact) mass is 168 g/mol. The smallest absolute Gasteiger partial charge is 0.0192 e. The minimum absolute atomic E-state index is 0.762. The maximum atomic E-state index is 3.43. The Morgan fingerprint density at radius 1 is 1.42 bits per heavy atom. The second-order valence-electron chi connectivity index (χ2n) is 4.32. The molecule has 1 saturated heterocycles. The Morgan fingerprint density at radius 2 is 2.25 bits per heavy atom. The quantitative estimate of drug-likeness (QED) is 0.678.